The van der Waals surface area contributed by atoms with Crippen LogP contribution in [0.3, 0.4) is 0 Å². The second kappa shape index (κ2) is 8.66. The Balaban J connectivity index is 1.32. The molecule has 0 radical (unpaired) electrons. The van der Waals surface area contributed by atoms with Crippen LogP contribution < -0.4 is 10.1 Å². The molecule has 3 aromatic rings. The molecule has 32 heavy (non-hydrogen) atoms. The smallest absolute Gasteiger partial charge is 0.320 e. The first-order valence-corrected chi connectivity index (χ1v) is 10.8. The number of tetrazole rings is 1. The molecule has 0 bridgehead atoms. The summed E-state index contributed by atoms with van der Waals surface area (Å²) in [6.07, 6.45) is 3.42. The molecule has 0 spiro atoms. The first-order chi connectivity index (χ1) is 15.6. The van der Waals surface area contributed by atoms with Crippen LogP contribution in [0.4, 0.5) is 4.39 Å². The number of rotatable bonds is 5. The van der Waals surface area contributed by atoms with Gasteiger partial charge in [0.1, 0.15) is 17.6 Å². The summed E-state index contributed by atoms with van der Waals surface area (Å²) in [6.45, 7) is 0.750. The predicted octanol–water partition coefficient (Wildman–Crippen LogP) is 3.28. The van der Waals surface area contributed by atoms with Gasteiger partial charge in [-0.1, -0.05) is 24.3 Å². The van der Waals surface area contributed by atoms with E-state index in [1.807, 2.05) is 24.3 Å². The van der Waals surface area contributed by atoms with E-state index < -0.39 is 17.8 Å². The number of fused-ring (bicyclic) bond motifs is 1. The predicted molar refractivity (Wildman–Crippen MR) is 114 cm³/mol. The minimum Gasteiger partial charge on any atom is -0.490 e. The van der Waals surface area contributed by atoms with Crippen molar-refractivity contribution >= 4 is 5.97 Å². The highest BCUT2D eigenvalue weighted by Crippen LogP contribution is 2.38. The highest BCUT2D eigenvalue weighted by atomic mass is 19.1. The Morgan fingerprint density at radius 1 is 1.09 bits per heavy atom. The number of nitrogens with one attached hydrogen (secondary N) is 2. The van der Waals surface area contributed by atoms with Crippen LogP contribution in [0, 0.1) is 17.7 Å². The van der Waals surface area contributed by atoms with Crippen LogP contribution in [0.1, 0.15) is 25.7 Å². The van der Waals surface area contributed by atoms with Crippen molar-refractivity contribution in [3.05, 3.63) is 48.3 Å². The van der Waals surface area contributed by atoms with Crippen LogP contribution in [0.5, 0.6) is 5.75 Å². The van der Waals surface area contributed by atoms with E-state index in [1.165, 1.54) is 0 Å². The number of nitrogens with zero attached hydrogens (tertiary/aromatic N) is 3. The van der Waals surface area contributed by atoms with Crippen LogP contribution >= 0.6 is 0 Å². The second-order valence-corrected chi connectivity index (χ2v) is 8.54. The molecule has 5 rings (SSSR count). The molecule has 1 saturated heterocycles. The Morgan fingerprint density at radius 3 is 2.75 bits per heavy atom. The zero-order chi connectivity index (χ0) is 22.1. The Kier molecular flexibility index (Phi) is 5.57. The van der Waals surface area contributed by atoms with Gasteiger partial charge in [0.25, 0.3) is 0 Å². The van der Waals surface area contributed by atoms with Gasteiger partial charge in [0.05, 0.1) is 11.7 Å². The zero-order valence-corrected chi connectivity index (χ0v) is 17.4. The lowest BCUT2D eigenvalue weighted by molar-refractivity contribution is -0.141. The lowest BCUT2D eigenvalue weighted by atomic mass is 9.72. The number of carbonyl (C=O) groups is 1. The van der Waals surface area contributed by atoms with Crippen molar-refractivity contribution < 1.29 is 19.0 Å². The van der Waals surface area contributed by atoms with E-state index in [-0.39, 0.29) is 17.5 Å². The molecule has 1 aromatic heterocycles. The average molecular weight is 437 g/mol. The van der Waals surface area contributed by atoms with Crippen LogP contribution in [0.2, 0.25) is 0 Å². The maximum absolute atomic E-state index is 15.2. The molecule has 2 heterocycles. The number of hydrogen-bond acceptors (Lipinski definition) is 6. The van der Waals surface area contributed by atoms with Crippen LogP contribution in [0.25, 0.3) is 22.5 Å². The van der Waals surface area contributed by atoms with Gasteiger partial charge in [0, 0.05) is 5.56 Å². The second-order valence-electron chi connectivity index (χ2n) is 8.54. The number of benzene rings is 2. The van der Waals surface area contributed by atoms with Gasteiger partial charge in [0.2, 0.25) is 5.82 Å². The van der Waals surface area contributed by atoms with Crippen molar-refractivity contribution in [3.8, 4) is 28.3 Å². The molecule has 2 fully saturated rings. The third kappa shape index (κ3) is 4.08. The maximum Gasteiger partial charge on any atom is 0.320 e. The topological polar surface area (TPSA) is 113 Å². The third-order valence-electron chi connectivity index (χ3n) is 6.59. The van der Waals surface area contributed by atoms with Gasteiger partial charge in [-0.05, 0) is 73.0 Å². The van der Waals surface area contributed by atoms with Crippen molar-refractivity contribution in [3.63, 3.8) is 0 Å². The number of ether oxygens (including phenoxy) is 1. The van der Waals surface area contributed by atoms with E-state index in [9.17, 15) is 9.90 Å². The van der Waals surface area contributed by atoms with E-state index in [1.54, 1.807) is 18.2 Å². The summed E-state index contributed by atoms with van der Waals surface area (Å²) in [5.41, 5.74) is 1.41. The molecule has 3 N–H and O–H groups in total. The maximum atomic E-state index is 15.2. The number of piperidine rings is 1. The summed E-state index contributed by atoms with van der Waals surface area (Å²) < 4.78 is 21.5. The molecule has 0 amide bonds. The van der Waals surface area contributed by atoms with Gasteiger partial charge < -0.3 is 15.2 Å². The SMILES string of the molecule is O=C(O)C1CC2CC(Oc3cccc(-c4cccc(-c5nn[nH]n5)c4F)c3)CCC2CN1. The Labute approximate surface area is 184 Å². The van der Waals surface area contributed by atoms with Crippen molar-refractivity contribution in [1.82, 2.24) is 25.9 Å². The molecule has 9 heteroatoms. The molecular formula is C23H24FN5O3. The third-order valence-corrected chi connectivity index (χ3v) is 6.59. The lowest BCUT2D eigenvalue weighted by Crippen LogP contribution is -2.50. The highest BCUT2D eigenvalue weighted by molar-refractivity contribution is 5.73. The molecule has 1 aliphatic carbocycles. The van der Waals surface area contributed by atoms with Crippen LogP contribution in [0.15, 0.2) is 42.5 Å². The summed E-state index contributed by atoms with van der Waals surface area (Å²) >= 11 is 0. The molecule has 8 nitrogen and oxygen atoms in total. The van der Waals surface area contributed by atoms with E-state index in [2.05, 4.69) is 25.9 Å². The fraction of sp³-hybridized carbons (Fsp3) is 0.391. The van der Waals surface area contributed by atoms with Crippen LogP contribution in [-0.4, -0.2) is 50.4 Å². The standard InChI is InChI=1S/C23H24FN5O3/c24-21-18(5-2-6-19(21)22-26-28-29-27-22)13-3-1-4-16(9-13)32-17-8-7-14-12-25-20(23(30)31)11-15(14)10-17/h1-6,9,14-15,17,20,25H,7-8,10-12H2,(H,30,31)(H,26,27,28,29). The Morgan fingerprint density at radius 2 is 1.94 bits per heavy atom. The van der Waals surface area contributed by atoms with Gasteiger partial charge in [0.15, 0.2) is 0 Å². The van der Waals surface area contributed by atoms with Gasteiger partial charge >= 0.3 is 5.97 Å². The molecule has 1 saturated carbocycles. The van der Waals surface area contributed by atoms with E-state index in [0.717, 1.165) is 25.8 Å². The first kappa shape index (κ1) is 20.6. The largest absolute Gasteiger partial charge is 0.490 e. The Bertz CT molecular complexity index is 1110. The van der Waals surface area contributed by atoms with Crippen molar-refractivity contribution in [2.45, 2.75) is 37.8 Å². The number of aromatic amines is 1. The minimum atomic E-state index is -0.788. The molecule has 1 aliphatic heterocycles. The summed E-state index contributed by atoms with van der Waals surface area (Å²) in [4.78, 5) is 11.4. The van der Waals surface area contributed by atoms with E-state index >= 15 is 4.39 Å². The van der Waals surface area contributed by atoms with Crippen molar-refractivity contribution in [2.75, 3.05) is 6.54 Å². The minimum absolute atomic E-state index is 0.0227. The van der Waals surface area contributed by atoms with E-state index in [4.69, 9.17) is 4.74 Å². The van der Waals surface area contributed by atoms with Gasteiger partial charge in [-0.3, -0.25) is 4.79 Å². The quantitative estimate of drug-likeness (QED) is 0.561. The molecular weight excluding hydrogens is 413 g/mol. The summed E-state index contributed by atoms with van der Waals surface area (Å²) in [6, 6.07) is 12.0. The van der Waals surface area contributed by atoms with Gasteiger partial charge in [-0.2, -0.15) is 5.21 Å². The molecule has 2 aliphatic rings. The number of H-pyrrole nitrogens is 1. The fourth-order valence-corrected chi connectivity index (χ4v) is 4.95. The number of aliphatic carboxylic acids is 1. The monoisotopic (exact) mass is 437 g/mol. The number of carboxylic acids is 1. The summed E-state index contributed by atoms with van der Waals surface area (Å²) in [5, 5.41) is 26.1. The zero-order valence-electron chi connectivity index (χ0n) is 17.4. The highest BCUT2D eigenvalue weighted by Gasteiger charge is 2.38. The fourth-order valence-electron chi connectivity index (χ4n) is 4.95. The van der Waals surface area contributed by atoms with Crippen molar-refractivity contribution in [1.29, 1.82) is 0 Å². The number of carboxylic acid groups (broad SMARTS) is 1. The average Bonchev–Trinajstić information content (AvgIpc) is 3.33. The van der Waals surface area contributed by atoms with Crippen LogP contribution in [-0.2, 0) is 4.79 Å². The van der Waals surface area contributed by atoms with Crippen molar-refractivity contribution in [2.24, 2.45) is 11.8 Å². The normalized spacial score (nSPS) is 25.2. The first-order valence-electron chi connectivity index (χ1n) is 10.8. The molecule has 166 valence electrons. The van der Waals surface area contributed by atoms with E-state index in [0.29, 0.717) is 35.1 Å². The number of aromatic nitrogens is 4. The number of hydrogen-bond donors (Lipinski definition) is 3. The summed E-state index contributed by atoms with van der Waals surface area (Å²) in [5.74, 6) is 0.515. The summed E-state index contributed by atoms with van der Waals surface area (Å²) in [7, 11) is 0. The molecule has 4 unspecified atom stereocenters. The van der Waals surface area contributed by atoms with Gasteiger partial charge in [-0.25, -0.2) is 4.39 Å². The lowest BCUT2D eigenvalue weighted by Gasteiger charge is -2.41. The molecule has 2 aromatic carbocycles. The Hall–Kier alpha value is -3.33. The number of halogens is 1. The van der Waals surface area contributed by atoms with Gasteiger partial charge in [-0.15, -0.1) is 10.2 Å². The molecule has 4 atom stereocenters.